The van der Waals surface area contributed by atoms with Gasteiger partial charge in [-0.15, -0.1) is 11.3 Å². The van der Waals surface area contributed by atoms with E-state index in [1.807, 2.05) is 11.3 Å². The van der Waals surface area contributed by atoms with Gasteiger partial charge in [0.05, 0.1) is 6.54 Å². The maximum atomic E-state index is 4.57. The van der Waals surface area contributed by atoms with Crippen LogP contribution in [0.3, 0.4) is 0 Å². The average molecular weight is 280 g/mol. The monoisotopic (exact) mass is 280 g/mol. The molecule has 4 nitrogen and oxygen atoms in total. The van der Waals surface area contributed by atoms with E-state index in [0.717, 1.165) is 19.1 Å². The predicted octanol–water partition coefficient (Wildman–Crippen LogP) is 1.53. The highest BCUT2D eigenvalue weighted by Crippen LogP contribution is 2.21. The molecule has 2 heterocycles. The standard InChI is InChI=1S/C14H24N4S/c1-2-17-5-7-18(8-6-17)11-14-16-10-13(19-14)9-15-12-3-4-12/h10,12,15H,2-9,11H2,1H3. The van der Waals surface area contributed by atoms with Crippen LogP contribution in [-0.4, -0.2) is 53.5 Å². The van der Waals surface area contributed by atoms with E-state index in [9.17, 15) is 0 Å². The van der Waals surface area contributed by atoms with E-state index in [1.54, 1.807) is 0 Å². The summed E-state index contributed by atoms with van der Waals surface area (Å²) >= 11 is 1.87. The van der Waals surface area contributed by atoms with Gasteiger partial charge in [-0.2, -0.15) is 0 Å². The van der Waals surface area contributed by atoms with Crippen LogP contribution < -0.4 is 5.32 Å². The van der Waals surface area contributed by atoms with Crippen molar-refractivity contribution >= 4 is 11.3 Å². The molecule has 0 radical (unpaired) electrons. The van der Waals surface area contributed by atoms with Crippen LogP contribution in [0.5, 0.6) is 0 Å². The molecule has 1 N–H and O–H groups in total. The first-order valence-electron chi connectivity index (χ1n) is 7.45. The van der Waals surface area contributed by atoms with Crippen LogP contribution in [0.15, 0.2) is 6.20 Å². The molecule has 5 heteroatoms. The smallest absolute Gasteiger partial charge is 0.107 e. The van der Waals surface area contributed by atoms with Gasteiger partial charge in [0, 0.05) is 49.8 Å². The number of nitrogens with zero attached hydrogens (tertiary/aromatic N) is 3. The summed E-state index contributed by atoms with van der Waals surface area (Å²) in [6, 6.07) is 0.785. The molecule has 2 aliphatic rings. The largest absolute Gasteiger partial charge is 0.309 e. The van der Waals surface area contributed by atoms with Crippen molar-refractivity contribution in [2.75, 3.05) is 32.7 Å². The van der Waals surface area contributed by atoms with Crippen molar-refractivity contribution in [2.24, 2.45) is 0 Å². The van der Waals surface area contributed by atoms with Gasteiger partial charge in [0.15, 0.2) is 0 Å². The van der Waals surface area contributed by atoms with E-state index in [0.29, 0.717) is 0 Å². The first-order valence-corrected chi connectivity index (χ1v) is 8.27. The van der Waals surface area contributed by atoms with Gasteiger partial charge < -0.3 is 10.2 Å². The highest BCUT2D eigenvalue weighted by atomic mass is 32.1. The van der Waals surface area contributed by atoms with E-state index in [4.69, 9.17) is 0 Å². The quantitative estimate of drug-likeness (QED) is 0.856. The Morgan fingerprint density at radius 1 is 1.26 bits per heavy atom. The molecule has 1 aliphatic carbocycles. The first-order chi connectivity index (χ1) is 9.33. The van der Waals surface area contributed by atoms with Crippen molar-refractivity contribution in [2.45, 2.75) is 38.9 Å². The number of piperazine rings is 1. The maximum absolute atomic E-state index is 4.57. The molecule has 1 aliphatic heterocycles. The molecular formula is C14H24N4S. The molecular weight excluding hydrogens is 256 g/mol. The van der Waals surface area contributed by atoms with Crippen molar-refractivity contribution in [3.8, 4) is 0 Å². The fourth-order valence-electron chi connectivity index (χ4n) is 2.49. The lowest BCUT2D eigenvalue weighted by Crippen LogP contribution is -2.45. The number of rotatable bonds is 6. The van der Waals surface area contributed by atoms with Gasteiger partial charge in [-0.25, -0.2) is 4.98 Å². The fourth-order valence-corrected chi connectivity index (χ4v) is 3.41. The topological polar surface area (TPSA) is 31.4 Å². The minimum atomic E-state index is 0.785. The molecule has 1 aromatic heterocycles. The van der Waals surface area contributed by atoms with Crippen molar-refractivity contribution < 1.29 is 0 Å². The summed E-state index contributed by atoms with van der Waals surface area (Å²) in [5, 5.41) is 4.83. The van der Waals surface area contributed by atoms with E-state index in [1.165, 1.54) is 55.5 Å². The molecule has 0 atom stereocenters. The zero-order valence-electron chi connectivity index (χ0n) is 11.8. The van der Waals surface area contributed by atoms with Gasteiger partial charge in [0.1, 0.15) is 5.01 Å². The number of aromatic nitrogens is 1. The Morgan fingerprint density at radius 3 is 2.68 bits per heavy atom. The third kappa shape index (κ3) is 3.99. The van der Waals surface area contributed by atoms with Crippen LogP contribution in [0.25, 0.3) is 0 Å². The molecule has 1 saturated carbocycles. The molecule has 1 aromatic rings. The molecule has 0 spiro atoms. The minimum absolute atomic E-state index is 0.785. The van der Waals surface area contributed by atoms with E-state index < -0.39 is 0 Å². The lowest BCUT2D eigenvalue weighted by Gasteiger charge is -2.33. The van der Waals surface area contributed by atoms with Crippen molar-refractivity contribution in [3.63, 3.8) is 0 Å². The highest BCUT2D eigenvalue weighted by molar-refractivity contribution is 7.11. The summed E-state index contributed by atoms with van der Waals surface area (Å²) in [5.74, 6) is 0. The van der Waals surface area contributed by atoms with Gasteiger partial charge in [-0.3, -0.25) is 4.90 Å². The van der Waals surface area contributed by atoms with Gasteiger partial charge >= 0.3 is 0 Å². The third-order valence-electron chi connectivity index (χ3n) is 4.01. The summed E-state index contributed by atoms with van der Waals surface area (Å²) in [7, 11) is 0. The molecule has 0 unspecified atom stereocenters. The minimum Gasteiger partial charge on any atom is -0.309 e. The molecule has 0 aromatic carbocycles. The second-order valence-electron chi connectivity index (χ2n) is 5.59. The average Bonchev–Trinajstić information content (AvgIpc) is 3.17. The Bertz CT molecular complexity index is 394. The van der Waals surface area contributed by atoms with Crippen LogP contribution in [0.1, 0.15) is 29.7 Å². The first kappa shape index (κ1) is 13.5. The zero-order valence-corrected chi connectivity index (χ0v) is 12.6. The summed E-state index contributed by atoms with van der Waals surface area (Å²) in [5.41, 5.74) is 0. The molecule has 3 rings (SSSR count). The van der Waals surface area contributed by atoms with Gasteiger partial charge in [-0.1, -0.05) is 6.92 Å². The number of likely N-dealkylation sites (N-methyl/N-ethyl adjacent to an activating group) is 1. The Morgan fingerprint density at radius 2 is 2.00 bits per heavy atom. The van der Waals surface area contributed by atoms with Gasteiger partial charge in [-0.05, 0) is 19.4 Å². The predicted molar refractivity (Wildman–Crippen MR) is 79.4 cm³/mol. The molecule has 2 fully saturated rings. The molecule has 0 bridgehead atoms. The molecule has 106 valence electrons. The van der Waals surface area contributed by atoms with Crippen LogP contribution in [0, 0.1) is 0 Å². The third-order valence-corrected chi connectivity index (χ3v) is 5.00. The molecule has 0 amide bonds. The molecule has 19 heavy (non-hydrogen) atoms. The number of thiazole rings is 1. The zero-order chi connectivity index (χ0) is 13.1. The number of hydrogen-bond donors (Lipinski definition) is 1. The summed E-state index contributed by atoms with van der Waals surface area (Å²) in [6.07, 6.45) is 4.76. The maximum Gasteiger partial charge on any atom is 0.107 e. The summed E-state index contributed by atoms with van der Waals surface area (Å²) < 4.78 is 0. The second-order valence-corrected chi connectivity index (χ2v) is 6.79. The van der Waals surface area contributed by atoms with E-state index in [2.05, 4.69) is 33.2 Å². The van der Waals surface area contributed by atoms with Crippen LogP contribution >= 0.6 is 11.3 Å². The fraction of sp³-hybridized carbons (Fsp3) is 0.786. The SMILES string of the molecule is CCN1CCN(Cc2ncc(CNC3CC3)s2)CC1. The van der Waals surface area contributed by atoms with E-state index in [-0.39, 0.29) is 0 Å². The lowest BCUT2D eigenvalue weighted by atomic mass is 10.3. The van der Waals surface area contributed by atoms with E-state index >= 15 is 0 Å². The Hall–Kier alpha value is -0.490. The second kappa shape index (κ2) is 6.31. The summed E-state index contributed by atoms with van der Waals surface area (Å²) in [6.45, 7) is 10.2. The summed E-state index contributed by atoms with van der Waals surface area (Å²) in [4.78, 5) is 11.0. The van der Waals surface area contributed by atoms with Crippen LogP contribution in [0.2, 0.25) is 0 Å². The van der Waals surface area contributed by atoms with Crippen molar-refractivity contribution in [1.82, 2.24) is 20.1 Å². The molecule has 1 saturated heterocycles. The Labute approximate surface area is 119 Å². The normalized spacial score (nSPS) is 21.9. The van der Waals surface area contributed by atoms with Crippen LogP contribution in [-0.2, 0) is 13.1 Å². The number of nitrogens with one attached hydrogen (secondary N) is 1. The Kier molecular flexibility index (Phi) is 4.48. The number of hydrogen-bond acceptors (Lipinski definition) is 5. The van der Waals surface area contributed by atoms with Crippen molar-refractivity contribution in [1.29, 1.82) is 0 Å². The van der Waals surface area contributed by atoms with Crippen LogP contribution in [0.4, 0.5) is 0 Å². The lowest BCUT2D eigenvalue weighted by molar-refractivity contribution is 0.132. The van der Waals surface area contributed by atoms with Gasteiger partial charge in [0.2, 0.25) is 0 Å². The van der Waals surface area contributed by atoms with Crippen molar-refractivity contribution in [3.05, 3.63) is 16.1 Å². The Balaban J connectivity index is 1.44. The van der Waals surface area contributed by atoms with Gasteiger partial charge in [0.25, 0.3) is 0 Å². The highest BCUT2D eigenvalue weighted by Gasteiger charge is 2.20.